The van der Waals surface area contributed by atoms with Crippen molar-refractivity contribution in [2.45, 2.75) is 77.8 Å². The zero-order chi connectivity index (χ0) is 26.3. The van der Waals surface area contributed by atoms with Crippen LogP contribution in [0.1, 0.15) is 54.2 Å². The second kappa shape index (κ2) is 10.2. The molecule has 4 rings (SSSR count). The number of rotatable bonds is 10. The van der Waals surface area contributed by atoms with Crippen LogP contribution in [-0.4, -0.2) is 67.2 Å². The number of nitrogens with zero attached hydrogens (tertiary/aromatic N) is 3. The summed E-state index contributed by atoms with van der Waals surface area (Å²) in [5, 5.41) is 0.0685. The summed E-state index contributed by atoms with van der Waals surface area (Å²) in [4.78, 5) is 35.2. The number of carbonyl (C=O) groups is 1. The van der Waals surface area contributed by atoms with E-state index in [2.05, 4.69) is 15.0 Å². The van der Waals surface area contributed by atoms with Crippen molar-refractivity contribution >= 4 is 36.3 Å². The number of H-pyrrole nitrogens is 1. The van der Waals surface area contributed by atoms with E-state index in [1.165, 1.54) is 12.7 Å². The fraction of sp³-hybridized carbons (Fsp3) is 0.727. The number of aromatic nitrogens is 4. The van der Waals surface area contributed by atoms with E-state index in [0.29, 0.717) is 11.4 Å². The SMILES string of the molecule is CCC(C)(C)C(=O)SCCO[P+](=O)OC[C@H]1OC(n2cnc3c(=O)[nH]cnc32)[C@@]2(C)OC(C)(C)OC12. The summed E-state index contributed by atoms with van der Waals surface area (Å²) in [7, 11) is -2.44. The van der Waals surface area contributed by atoms with Gasteiger partial charge in [0.2, 0.25) is 0 Å². The molecule has 36 heavy (non-hydrogen) atoms. The smallest absolute Gasteiger partial charge is 0.346 e. The van der Waals surface area contributed by atoms with Gasteiger partial charge in [-0.05, 0) is 27.2 Å². The summed E-state index contributed by atoms with van der Waals surface area (Å²) in [6.07, 6.45) is 1.56. The molecule has 2 aromatic heterocycles. The van der Waals surface area contributed by atoms with Crippen LogP contribution < -0.4 is 5.56 Å². The number of thioether (sulfide) groups is 1. The molecule has 5 atom stereocenters. The molecule has 14 heteroatoms. The second-order valence-corrected chi connectivity index (χ2v) is 12.1. The van der Waals surface area contributed by atoms with Crippen LogP contribution in [0.25, 0.3) is 11.2 Å². The van der Waals surface area contributed by atoms with Crippen molar-refractivity contribution < 1.29 is 32.6 Å². The van der Waals surface area contributed by atoms with Gasteiger partial charge in [0.05, 0.1) is 12.7 Å². The topological polar surface area (TPSA) is 144 Å². The minimum absolute atomic E-state index is 0.0685. The van der Waals surface area contributed by atoms with E-state index in [9.17, 15) is 14.2 Å². The van der Waals surface area contributed by atoms with Gasteiger partial charge >= 0.3 is 8.25 Å². The molecule has 0 aliphatic carbocycles. The molecule has 3 unspecified atom stereocenters. The van der Waals surface area contributed by atoms with Gasteiger partial charge in [-0.2, -0.15) is 0 Å². The Morgan fingerprint density at radius 2 is 2.06 bits per heavy atom. The van der Waals surface area contributed by atoms with Crippen molar-refractivity contribution in [1.29, 1.82) is 0 Å². The molecule has 2 aliphatic heterocycles. The third kappa shape index (κ3) is 5.28. The minimum Gasteiger partial charge on any atom is -0.346 e. The standard InChI is InChI=1S/C22H31N4O8PS/c1-7-20(2,3)19(28)36-9-8-30-35(29)31-10-13-15-22(6,34-21(4,5)33-15)18(32-13)26-12-25-14-16(26)23-11-24-17(14)27/h11-13,15,18H,7-10H2,1-6H3/p+1/t13-,15?,18?,22+/m1/s1. The van der Waals surface area contributed by atoms with E-state index in [1.54, 1.807) is 18.4 Å². The predicted octanol–water partition coefficient (Wildman–Crippen LogP) is 3.31. The van der Waals surface area contributed by atoms with Crippen molar-refractivity contribution in [2.75, 3.05) is 19.0 Å². The van der Waals surface area contributed by atoms with Crippen molar-refractivity contribution in [3.05, 3.63) is 23.0 Å². The van der Waals surface area contributed by atoms with Crippen LogP contribution >= 0.6 is 20.0 Å². The van der Waals surface area contributed by atoms with Crippen molar-refractivity contribution in [2.24, 2.45) is 5.41 Å². The summed E-state index contributed by atoms with van der Waals surface area (Å²) < 4.78 is 43.3. The average molecular weight is 544 g/mol. The van der Waals surface area contributed by atoms with Crippen molar-refractivity contribution in [1.82, 2.24) is 19.5 Å². The third-order valence-corrected chi connectivity index (χ3v) is 8.42. The summed E-state index contributed by atoms with van der Waals surface area (Å²) >= 11 is 1.16. The Morgan fingerprint density at radius 1 is 1.31 bits per heavy atom. The van der Waals surface area contributed by atoms with Gasteiger partial charge in [-0.15, -0.1) is 9.05 Å². The molecule has 0 amide bonds. The normalized spacial score (nSPS) is 27.9. The molecule has 12 nitrogen and oxygen atoms in total. The first-order valence-corrected chi connectivity index (χ1v) is 13.8. The van der Waals surface area contributed by atoms with Crippen LogP contribution in [0, 0.1) is 5.41 Å². The molecular formula is C22H32N4O8PS+. The molecule has 0 spiro atoms. The van der Waals surface area contributed by atoms with Gasteiger partial charge in [0, 0.05) is 15.7 Å². The number of ether oxygens (including phenoxy) is 3. The van der Waals surface area contributed by atoms with E-state index in [4.69, 9.17) is 23.3 Å². The zero-order valence-electron chi connectivity index (χ0n) is 21.2. The summed E-state index contributed by atoms with van der Waals surface area (Å²) in [6, 6.07) is 0. The maximum Gasteiger partial charge on any atom is 0.697 e. The Hall–Kier alpha value is -1.73. The van der Waals surface area contributed by atoms with Gasteiger partial charge in [0.15, 0.2) is 28.3 Å². The second-order valence-electron chi connectivity index (χ2n) is 10.0. The molecule has 0 aromatic carbocycles. The first-order valence-electron chi connectivity index (χ1n) is 11.7. The first-order chi connectivity index (χ1) is 16.9. The van der Waals surface area contributed by atoms with Crippen LogP contribution in [0.4, 0.5) is 0 Å². The van der Waals surface area contributed by atoms with Crippen LogP contribution in [0.3, 0.4) is 0 Å². The van der Waals surface area contributed by atoms with Gasteiger partial charge in [-0.1, -0.05) is 32.5 Å². The number of imidazole rings is 1. The molecule has 0 radical (unpaired) electrons. The maximum absolute atomic E-state index is 12.3. The predicted molar refractivity (Wildman–Crippen MR) is 132 cm³/mol. The van der Waals surface area contributed by atoms with E-state index >= 15 is 0 Å². The maximum atomic E-state index is 12.3. The lowest BCUT2D eigenvalue weighted by Gasteiger charge is -2.30. The van der Waals surface area contributed by atoms with E-state index in [1.807, 2.05) is 27.7 Å². The largest absolute Gasteiger partial charge is 0.697 e. The number of aromatic amines is 1. The summed E-state index contributed by atoms with van der Waals surface area (Å²) in [5.74, 6) is -0.532. The Morgan fingerprint density at radius 3 is 2.78 bits per heavy atom. The van der Waals surface area contributed by atoms with Gasteiger partial charge in [0.1, 0.15) is 31.0 Å². The number of hydrogen-bond donors (Lipinski definition) is 1. The molecule has 2 aliphatic rings. The van der Waals surface area contributed by atoms with Gasteiger partial charge in [-0.3, -0.25) is 14.2 Å². The fourth-order valence-electron chi connectivity index (χ4n) is 4.30. The molecule has 1 N–H and O–H groups in total. The highest BCUT2D eigenvalue weighted by atomic mass is 32.2. The number of nitrogens with one attached hydrogen (secondary N) is 1. The van der Waals surface area contributed by atoms with Gasteiger partial charge < -0.3 is 19.2 Å². The Kier molecular flexibility index (Phi) is 7.74. The van der Waals surface area contributed by atoms with Crippen LogP contribution in [0.2, 0.25) is 0 Å². The lowest BCUT2D eigenvalue weighted by Crippen LogP contribution is -2.42. The fourth-order valence-corrected chi connectivity index (χ4v) is 5.90. The van der Waals surface area contributed by atoms with E-state index in [0.717, 1.165) is 18.2 Å². The van der Waals surface area contributed by atoms with Crippen LogP contribution in [-0.2, 0) is 32.6 Å². The highest BCUT2D eigenvalue weighted by molar-refractivity contribution is 8.13. The minimum atomic E-state index is -2.44. The Balaban J connectivity index is 1.39. The molecule has 0 saturated carbocycles. The number of fused-ring (bicyclic) bond motifs is 2. The zero-order valence-corrected chi connectivity index (χ0v) is 22.9. The van der Waals surface area contributed by atoms with Crippen molar-refractivity contribution in [3.63, 3.8) is 0 Å². The monoisotopic (exact) mass is 543 g/mol. The van der Waals surface area contributed by atoms with Crippen molar-refractivity contribution in [3.8, 4) is 0 Å². The lowest BCUT2D eigenvalue weighted by molar-refractivity contribution is -0.216. The Labute approximate surface area is 213 Å². The molecule has 2 saturated heterocycles. The molecule has 0 bridgehead atoms. The highest BCUT2D eigenvalue weighted by Gasteiger charge is 2.64. The molecule has 4 heterocycles. The summed E-state index contributed by atoms with van der Waals surface area (Å²) in [5.41, 5.74) is -1.23. The average Bonchev–Trinajstić information content (AvgIpc) is 3.42. The van der Waals surface area contributed by atoms with Gasteiger partial charge in [0.25, 0.3) is 5.56 Å². The third-order valence-electron chi connectivity index (χ3n) is 6.48. The molecule has 2 aromatic rings. The lowest BCUT2D eigenvalue weighted by atomic mass is 9.92. The van der Waals surface area contributed by atoms with Crippen LogP contribution in [0.5, 0.6) is 0 Å². The Bertz CT molecular complexity index is 1200. The summed E-state index contributed by atoms with van der Waals surface area (Å²) in [6.45, 7) is 11.2. The van der Waals surface area contributed by atoms with Gasteiger partial charge in [-0.25, -0.2) is 9.97 Å². The van der Waals surface area contributed by atoms with E-state index < -0.39 is 43.5 Å². The number of carbonyl (C=O) groups excluding carboxylic acids is 1. The number of hydrogen-bond acceptors (Lipinski definition) is 11. The quantitative estimate of drug-likeness (QED) is 0.348. The van der Waals surface area contributed by atoms with Crippen LogP contribution in [0.15, 0.2) is 17.4 Å². The molecule has 198 valence electrons. The van der Waals surface area contributed by atoms with E-state index in [-0.39, 0.29) is 29.4 Å². The first kappa shape index (κ1) is 27.3. The molecular weight excluding hydrogens is 511 g/mol. The molecule has 2 fully saturated rings. The highest BCUT2D eigenvalue weighted by Crippen LogP contribution is 2.51.